The number of hydrogen-bond donors (Lipinski definition) is 2. The summed E-state index contributed by atoms with van der Waals surface area (Å²) < 4.78 is 24.7. The molecular formula is C25H27ClFN7O3. The van der Waals surface area contributed by atoms with Gasteiger partial charge in [-0.15, -0.1) is 5.10 Å². The largest absolute Gasteiger partial charge is 0.495 e. The first kappa shape index (κ1) is 26.0. The highest BCUT2D eigenvalue weighted by Gasteiger charge is 2.40. The van der Waals surface area contributed by atoms with E-state index in [1.54, 1.807) is 34.1 Å². The number of nitriles is 1. The number of methoxy groups -OCH3 is 1. The summed E-state index contributed by atoms with van der Waals surface area (Å²) in [6, 6.07) is 11.8. The van der Waals surface area contributed by atoms with Crippen molar-refractivity contribution < 1.29 is 18.7 Å². The number of halogens is 2. The van der Waals surface area contributed by atoms with Crippen LogP contribution in [0.25, 0.3) is 0 Å². The number of carbonyl (C=O) groups is 1. The Hall–Kier alpha value is -4.04. The number of fused-ring (bicyclic) bond motifs is 1. The number of benzene rings is 2. The number of amides is 1. The van der Waals surface area contributed by atoms with Gasteiger partial charge in [0.05, 0.1) is 35.8 Å². The first-order chi connectivity index (χ1) is 17.8. The maximum absolute atomic E-state index is 13.5. The molecule has 0 aromatic heterocycles. The second kappa shape index (κ2) is 10.9. The molecule has 3 N–H and O–H groups in total. The fourth-order valence-electron chi connectivity index (χ4n) is 4.61. The third-order valence-electron chi connectivity index (χ3n) is 6.65. The normalized spacial score (nSPS) is 18.8. The summed E-state index contributed by atoms with van der Waals surface area (Å²) in [5.74, 6) is 0.223. The van der Waals surface area contributed by atoms with Gasteiger partial charge in [-0.2, -0.15) is 15.9 Å². The van der Waals surface area contributed by atoms with Crippen LogP contribution in [0.2, 0.25) is 5.02 Å². The van der Waals surface area contributed by atoms with Gasteiger partial charge in [0.2, 0.25) is 5.96 Å². The van der Waals surface area contributed by atoms with Crippen LogP contribution in [0.1, 0.15) is 18.4 Å². The molecule has 194 valence electrons. The van der Waals surface area contributed by atoms with E-state index in [2.05, 4.69) is 28.5 Å². The summed E-state index contributed by atoms with van der Waals surface area (Å²) in [5, 5.41) is 17.7. The summed E-state index contributed by atoms with van der Waals surface area (Å²) in [5.41, 5.74) is 9.28. The molecular weight excluding hydrogens is 501 g/mol. The zero-order valence-electron chi connectivity index (χ0n) is 20.3. The molecule has 0 bridgehead atoms. The van der Waals surface area contributed by atoms with E-state index >= 15 is 0 Å². The van der Waals surface area contributed by atoms with Crippen LogP contribution in [-0.2, 0) is 11.2 Å². The van der Waals surface area contributed by atoms with Crippen LogP contribution >= 0.6 is 11.6 Å². The lowest BCUT2D eigenvalue weighted by Gasteiger charge is -2.41. The van der Waals surface area contributed by atoms with Gasteiger partial charge in [0.25, 0.3) is 5.91 Å². The van der Waals surface area contributed by atoms with Crippen molar-refractivity contribution in [3.05, 3.63) is 52.8 Å². The lowest BCUT2D eigenvalue weighted by atomic mass is 9.75. The molecule has 0 radical (unpaired) electrons. The van der Waals surface area contributed by atoms with Crippen LogP contribution in [0.4, 0.5) is 10.1 Å². The summed E-state index contributed by atoms with van der Waals surface area (Å²) in [6.45, 7) is 4.16. The molecule has 2 aliphatic heterocycles. The van der Waals surface area contributed by atoms with Crippen molar-refractivity contribution in [3.8, 4) is 17.6 Å². The fourth-order valence-corrected chi connectivity index (χ4v) is 4.85. The van der Waals surface area contributed by atoms with Crippen molar-refractivity contribution >= 4 is 35.9 Å². The van der Waals surface area contributed by atoms with Crippen molar-refractivity contribution in [2.24, 2.45) is 21.4 Å². The molecule has 0 aliphatic carbocycles. The van der Waals surface area contributed by atoms with E-state index in [4.69, 9.17) is 26.8 Å². The van der Waals surface area contributed by atoms with Crippen LogP contribution in [0.3, 0.4) is 0 Å². The van der Waals surface area contributed by atoms with Gasteiger partial charge in [-0.25, -0.2) is 4.39 Å². The van der Waals surface area contributed by atoms with E-state index in [9.17, 15) is 14.4 Å². The number of likely N-dealkylation sites (tertiary alicyclic amines) is 1. The number of anilines is 1. The van der Waals surface area contributed by atoms with Crippen molar-refractivity contribution in [2.45, 2.75) is 25.4 Å². The molecule has 1 amide bonds. The molecule has 12 heteroatoms. The van der Waals surface area contributed by atoms with E-state index < -0.39 is 11.5 Å². The Bertz CT molecular complexity index is 1240. The first-order valence-electron chi connectivity index (χ1n) is 11.6. The Morgan fingerprint density at radius 3 is 2.70 bits per heavy atom. The number of hydrogen-bond acceptors (Lipinski definition) is 7. The zero-order valence-corrected chi connectivity index (χ0v) is 21.0. The van der Waals surface area contributed by atoms with Gasteiger partial charge in [0, 0.05) is 25.9 Å². The minimum Gasteiger partial charge on any atom is -0.495 e. The first-order valence-corrected chi connectivity index (χ1v) is 12.0. The fraction of sp³-hybridized carbons (Fsp3) is 0.360. The predicted octanol–water partition coefficient (Wildman–Crippen LogP) is 2.87. The van der Waals surface area contributed by atoms with Gasteiger partial charge >= 0.3 is 0 Å². The van der Waals surface area contributed by atoms with Crippen molar-refractivity contribution in [2.75, 3.05) is 31.6 Å². The highest BCUT2D eigenvalue weighted by molar-refractivity contribution is 6.32. The molecule has 2 aromatic rings. The molecule has 37 heavy (non-hydrogen) atoms. The van der Waals surface area contributed by atoms with E-state index in [0.29, 0.717) is 54.6 Å². The molecule has 1 atom stereocenters. The molecule has 0 saturated carbocycles. The topological polar surface area (TPSA) is 129 Å². The lowest BCUT2D eigenvalue weighted by Crippen LogP contribution is -2.55. The van der Waals surface area contributed by atoms with Gasteiger partial charge in [-0.3, -0.25) is 4.79 Å². The second-order valence-corrected chi connectivity index (χ2v) is 9.33. The third-order valence-corrected chi connectivity index (χ3v) is 6.95. The Morgan fingerprint density at radius 1 is 1.38 bits per heavy atom. The number of hydrazone groups is 2. The highest BCUT2D eigenvalue weighted by atomic mass is 35.5. The third kappa shape index (κ3) is 5.54. The molecule has 2 aliphatic rings. The predicted molar refractivity (Wildman–Crippen MR) is 138 cm³/mol. The average Bonchev–Trinajstić information content (AvgIpc) is 2.92. The number of nitrogens with one attached hydrogen (secondary N) is 1. The van der Waals surface area contributed by atoms with Gasteiger partial charge < -0.3 is 25.0 Å². The van der Waals surface area contributed by atoms with Crippen LogP contribution in [0.15, 0.2) is 46.6 Å². The molecule has 0 spiro atoms. The number of rotatable bonds is 6. The molecule has 2 heterocycles. The summed E-state index contributed by atoms with van der Waals surface area (Å²) in [4.78, 5) is 16.8. The Morgan fingerprint density at radius 2 is 2.08 bits per heavy atom. The molecule has 4 rings (SSSR count). The van der Waals surface area contributed by atoms with Crippen molar-refractivity contribution in [1.29, 1.82) is 5.26 Å². The van der Waals surface area contributed by atoms with E-state index in [1.165, 1.54) is 19.2 Å². The van der Waals surface area contributed by atoms with Crippen molar-refractivity contribution in [3.63, 3.8) is 0 Å². The summed E-state index contributed by atoms with van der Waals surface area (Å²) in [7, 11) is 1.48. The summed E-state index contributed by atoms with van der Waals surface area (Å²) >= 11 is 6.31. The maximum Gasteiger partial charge on any atom is 0.265 e. The van der Waals surface area contributed by atoms with Crippen LogP contribution in [0.5, 0.6) is 11.5 Å². The number of carbonyl (C=O) groups excluding carboxylic acids is 1. The van der Waals surface area contributed by atoms with E-state index in [1.807, 2.05) is 0 Å². The van der Waals surface area contributed by atoms with E-state index in [-0.39, 0.29) is 24.2 Å². The number of nitrogens with zero attached hydrogens (tertiary/aromatic N) is 5. The average molecular weight is 528 g/mol. The maximum atomic E-state index is 13.5. The van der Waals surface area contributed by atoms with Gasteiger partial charge in [0.1, 0.15) is 17.3 Å². The minimum absolute atomic E-state index is 0.0393. The molecule has 1 fully saturated rings. The SMILES string of the molecule is C=NN/N=C(\N)N1CC(C(=O)N2CCC(C#N)(Cc3ccc(F)cc3)CC2)Oc2cc(OC)c(Cl)cc21. The molecule has 1 unspecified atom stereocenters. The van der Waals surface area contributed by atoms with Crippen LogP contribution in [-0.4, -0.2) is 56.3 Å². The van der Waals surface area contributed by atoms with E-state index in [0.717, 1.165) is 5.56 Å². The molecule has 10 nitrogen and oxygen atoms in total. The van der Waals surface area contributed by atoms with Gasteiger partial charge in [-0.1, -0.05) is 23.7 Å². The standard InChI is InChI=1S/C25H27ClFN7O3/c1-30-32-31-24(29)34-14-22(37-21-12-20(36-2)18(26)11-19(21)34)23(35)33-9-7-25(15-28,8-10-33)13-16-3-5-17(27)6-4-16/h3-6,11-12,22,32H,1,7-10,13-14H2,2H3,(H2,29,31). The lowest BCUT2D eigenvalue weighted by molar-refractivity contribution is -0.140. The van der Waals surface area contributed by atoms with Crippen molar-refractivity contribution in [1.82, 2.24) is 10.4 Å². The Kier molecular flexibility index (Phi) is 7.69. The quantitative estimate of drug-likeness (QED) is 0.336. The second-order valence-electron chi connectivity index (χ2n) is 8.92. The Balaban J connectivity index is 1.51. The zero-order chi connectivity index (χ0) is 26.6. The molecule has 1 saturated heterocycles. The number of guanidine groups is 1. The van der Waals surface area contributed by atoms with Crippen LogP contribution < -0.4 is 25.6 Å². The number of ether oxygens (including phenoxy) is 2. The summed E-state index contributed by atoms with van der Waals surface area (Å²) in [6.07, 6.45) is 0.573. The highest BCUT2D eigenvalue weighted by Crippen LogP contribution is 2.41. The smallest absolute Gasteiger partial charge is 0.265 e. The monoisotopic (exact) mass is 527 g/mol. The number of piperidine rings is 1. The molecule has 2 aromatic carbocycles. The van der Waals surface area contributed by atoms with Gasteiger partial charge in [-0.05, 0) is 43.0 Å². The van der Waals surface area contributed by atoms with Gasteiger partial charge in [0.15, 0.2) is 6.10 Å². The van der Waals surface area contributed by atoms with Crippen LogP contribution in [0, 0.1) is 22.6 Å². The number of nitrogens with two attached hydrogens (primary N) is 1. The minimum atomic E-state index is -0.893. The Labute approximate surface area is 219 Å².